The molecule has 0 radical (unpaired) electrons. The molecule has 2 aliphatic rings. The maximum atomic E-state index is 11.9. The average Bonchev–Trinajstić information content (AvgIpc) is 2.76. The molecule has 0 aromatic heterocycles. The van der Waals surface area contributed by atoms with Gasteiger partial charge in [0.05, 0.1) is 0 Å². The lowest BCUT2D eigenvalue weighted by molar-refractivity contribution is -0.127. The number of rotatable bonds is 5. The molecule has 0 saturated carbocycles. The van der Waals surface area contributed by atoms with E-state index in [9.17, 15) is 9.59 Å². The van der Waals surface area contributed by atoms with Crippen LogP contribution >= 0.6 is 11.8 Å². The van der Waals surface area contributed by atoms with E-state index in [0.29, 0.717) is 12.3 Å². The van der Waals surface area contributed by atoms with Gasteiger partial charge in [0, 0.05) is 32.2 Å². The molecule has 4 heteroatoms. The van der Waals surface area contributed by atoms with E-state index < -0.39 is 0 Å². The molecule has 19 heavy (non-hydrogen) atoms. The maximum Gasteiger partial charge on any atom is 0.222 e. The summed E-state index contributed by atoms with van der Waals surface area (Å²) in [5, 5.41) is 0.151. The van der Waals surface area contributed by atoms with Crippen molar-refractivity contribution in [1.29, 1.82) is 0 Å². The molecule has 1 aliphatic heterocycles. The van der Waals surface area contributed by atoms with Crippen molar-refractivity contribution in [2.75, 3.05) is 18.8 Å². The number of thioether (sulfide) groups is 1. The first-order valence-corrected chi connectivity index (χ1v) is 8.23. The van der Waals surface area contributed by atoms with Crippen LogP contribution in [-0.2, 0) is 9.59 Å². The van der Waals surface area contributed by atoms with Gasteiger partial charge in [-0.2, -0.15) is 0 Å². The molecule has 106 valence electrons. The molecule has 0 spiro atoms. The lowest BCUT2D eigenvalue weighted by Crippen LogP contribution is -2.27. The summed E-state index contributed by atoms with van der Waals surface area (Å²) >= 11 is 1.35. The van der Waals surface area contributed by atoms with Crippen LogP contribution in [0.1, 0.15) is 45.4 Å². The summed E-state index contributed by atoms with van der Waals surface area (Å²) in [4.78, 5) is 24.9. The molecule has 1 amide bonds. The molecule has 1 fully saturated rings. The number of likely N-dealkylation sites (tertiary alicyclic amines) is 1. The minimum Gasteiger partial charge on any atom is -0.342 e. The van der Waals surface area contributed by atoms with Gasteiger partial charge in [0.2, 0.25) is 5.91 Å². The number of carbonyl (C=O) groups is 2. The Kier molecular flexibility index (Phi) is 5.49. The molecule has 3 nitrogen and oxygen atoms in total. The van der Waals surface area contributed by atoms with Gasteiger partial charge in [-0.1, -0.05) is 23.4 Å². The van der Waals surface area contributed by atoms with Crippen LogP contribution in [0.2, 0.25) is 0 Å². The van der Waals surface area contributed by atoms with Gasteiger partial charge in [-0.3, -0.25) is 9.59 Å². The Morgan fingerprint density at radius 2 is 2.32 bits per heavy atom. The SMILES string of the molecule is CC(=O)SCC1CC(=O)N(CCC2=CCCCC2)C1. The van der Waals surface area contributed by atoms with Crippen LogP contribution in [0.5, 0.6) is 0 Å². The highest BCUT2D eigenvalue weighted by atomic mass is 32.2. The second-order valence-electron chi connectivity index (χ2n) is 5.57. The molecular formula is C15H23NO2S. The van der Waals surface area contributed by atoms with E-state index in [4.69, 9.17) is 0 Å². The van der Waals surface area contributed by atoms with Gasteiger partial charge in [0.15, 0.2) is 5.12 Å². The van der Waals surface area contributed by atoms with E-state index in [1.54, 1.807) is 6.92 Å². The van der Waals surface area contributed by atoms with E-state index in [1.165, 1.54) is 43.0 Å². The minimum atomic E-state index is 0.151. The number of amides is 1. The van der Waals surface area contributed by atoms with Gasteiger partial charge >= 0.3 is 0 Å². The largest absolute Gasteiger partial charge is 0.342 e. The summed E-state index contributed by atoms with van der Waals surface area (Å²) in [6.45, 7) is 3.30. The molecule has 1 unspecified atom stereocenters. The summed E-state index contributed by atoms with van der Waals surface area (Å²) in [6, 6.07) is 0. The molecule has 0 aromatic carbocycles. The highest BCUT2D eigenvalue weighted by Gasteiger charge is 2.29. The van der Waals surface area contributed by atoms with Crippen LogP contribution in [0.3, 0.4) is 0 Å². The minimum absolute atomic E-state index is 0.151. The van der Waals surface area contributed by atoms with Gasteiger partial charge in [0.25, 0.3) is 0 Å². The maximum absolute atomic E-state index is 11.9. The fourth-order valence-electron chi connectivity index (χ4n) is 2.83. The predicted molar refractivity (Wildman–Crippen MR) is 79.0 cm³/mol. The molecule has 0 bridgehead atoms. The molecule has 1 saturated heterocycles. The van der Waals surface area contributed by atoms with Gasteiger partial charge < -0.3 is 4.90 Å². The van der Waals surface area contributed by atoms with Crippen molar-refractivity contribution in [2.45, 2.75) is 45.4 Å². The van der Waals surface area contributed by atoms with Crippen molar-refractivity contribution >= 4 is 22.8 Å². The van der Waals surface area contributed by atoms with Crippen LogP contribution in [0.15, 0.2) is 11.6 Å². The smallest absolute Gasteiger partial charge is 0.222 e. The number of carbonyl (C=O) groups excluding carboxylic acids is 2. The number of hydrogen-bond donors (Lipinski definition) is 0. The Morgan fingerprint density at radius 3 is 3.00 bits per heavy atom. The Balaban J connectivity index is 1.73. The zero-order chi connectivity index (χ0) is 13.7. The quantitative estimate of drug-likeness (QED) is 0.727. The van der Waals surface area contributed by atoms with E-state index in [0.717, 1.165) is 25.3 Å². The topological polar surface area (TPSA) is 37.4 Å². The zero-order valence-corrected chi connectivity index (χ0v) is 12.5. The van der Waals surface area contributed by atoms with Crippen LogP contribution in [0.4, 0.5) is 0 Å². The normalized spacial score (nSPS) is 23.6. The summed E-state index contributed by atoms with van der Waals surface area (Å²) in [5.74, 6) is 1.42. The van der Waals surface area contributed by atoms with Crippen molar-refractivity contribution in [2.24, 2.45) is 5.92 Å². The molecule has 0 aromatic rings. The summed E-state index contributed by atoms with van der Waals surface area (Å²) in [7, 11) is 0. The predicted octanol–water partition coefficient (Wildman–Crippen LogP) is 3.01. The van der Waals surface area contributed by atoms with Crippen molar-refractivity contribution in [3.05, 3.63) is 11.6 Å². The summed E-state index contributed by atoms with van der Waals surface area (Å²) in [6.07, 6.45) is 9.06. The van der Waals surface area contributed by atoms with Gasteiger partial charge in [0.1, 0.15) is 0 Å². The number of hydrogen-bond acceptors (Lipinski definition) is 3. The Hall–Kier alpha value is -0.770. The third-order valence-electron chi connectivity index (χ3n) is 3.90. The second kappa shape index (κ2) is 7.13. The van der Waals surface area contributed by atoms with E-state index in [2.05, 4.69) is 6.08 Å². The van der Waals surface area contributed by atoms with E-state index >= 15 is 0 Å². The van der Waals surface area contributed by atoms with Crippen LogP contribution in [0.25, 0.3) is 0 Å². The summed E-state index contributed by atoms with van der Waals surface area (Å²) < 4.78 is 0. The highest BCUT2D eigenvalue weighted by molar-refractivity contribution is 8.13. The van der Waals surface area contributed by atoms with Gasteiger partial charge in [-0.15, -0.1) is 0 Å². The van der Waals surface area contributed by atoms with Crippen LogP contribution in [0, 0.1) is 5.92 Å². The lowest BCUT2D eigenvalue weighted by Gasteiger charge is -2.19. The van der Waals surface area contributed by atoms with E-state index in [-0.39, 0.29) is 11.0 Å². The van der Waals surface area contributed by atoms with Crippen LogP contribution < -0.4 is 0 Å². The van der Waals surface area contributed by atoms with Crippen molar-refractivity contribution in [3.63, 3.8) is 0 Å². The standard InChI is InChI=1S/C15H23NO2S/c1-12(17)19-11-14-9-15(18)16(10-14)8-7-13-5-3-2-4-6-13/h5,14H,2-4,6-11H2,1H3. The number of nitrogens with zero attached hydrogens (tertiary/aromatic N) is 1. The number of allylic oxidation sites excluding steroid dienone is 1. The molecule has 2 rings (SSSR count). The summed E-state index contributed by atoms with van der Waals surface area (Å²) in [5.41, 5.74) is 1.53. The Bertz CT molecular complexity index is 378. The molecular weight excluding hydrogens is 258 g/mol. The van der Waals surface area contributed by atoms with E-state index in [1.807, 2.05) is 4.90 Å². The third-order valence-corrected chi connectivity index (χ3v) is 4.95. The Morgan fingerprint density at radius 1 is 1.47 bits per heavy atom. The average molecular weight is 281 g/mol. The molecule has 1 atom stereocenters. The van der Waals surface area contributed by atoms with Crippen molar-refractivity contribution in [1.82, 2.24) is 4.90 Å². The van der Waals surface area contributed by atoms with Crippen molar-refractivity contribution < 1.29 is 9.59 Å². The molecule has 0 N–H and O–H groups in total. The second-order valence-corrected chi connectivity index (χ2v) is 6.77. The van der Waals surface area contributed by atoms with Gasteiger partial charge in [-0.05, 0) is 38.0 Å². The molecule has 1 heterocycles. The van der Waals surface area contributed by atoms with Gasteiger partial charge in [-0.25, -0.2) is 0 Å². The fourth-order valence-corrected chi connectivity index (χ4v) is 3.52. The highest BCUT2D eigenvalue weighted by Crippen LogP contribution is 2.25. The Labute approximate surface area is 119 Å². The zero-order valence-electron chi connectivity index (χ0n) is 11.7. The molecule has 1 aliphatic carbocycles. The first-order valence-electron chi connectivity index (χ1n) is 7.24. The van der Waals surface area contributed by atoms with Crippen molar-refractivity contribution in [3.8, 4) is 0 Å². The first kappa shape index (κ1) is 14.6. The lowest BCUT2D eigenvalue weighted by atomic mass is 9.97. The first-order chi connectivity index (χ1) is 9.15. The monoisotopic (exact) mass is 281 g/mol. The van der Waals surface area contributed by atoms with Crippen LogP contribution in [-0.4, -0.2) is 34.8 Å². The third kappa shape index (κ3) is 4.68. The fraction of sp³-hybridized carbons (Fsp3) is 0.733.